The van der Waals surface area contributed by atoms with Crippen LogP contribution in [0.5, 0.6) is 11.5 Å². The van der Waals surface area contributed by atoms with Crippen molar-refractivity contribution in [2.24, 2.45) is 5.92 Å². The first-order valence-corrected chi connectivity index (χ1v) is 8.79. The van der Waals surface area contributed by atoms with Gasteiger partial charge < -0.3 is 14.6 Å². The Morgan fingerprint density at radius 1 is 1.25 bits per heavy atom. The first kappa shape index (κ1) is 17.1. The van der Waals surface area contributed by atoms with Crippen molar-refractivity contribution in [3.63, 3.8) is 0 Å². The normalized spacial score (nSPS) is 26.9. The molecule has 2 aliphatic rings. The van der Waals surface area contributed by atoms with Crippen molar-refractivity contribution in [1.29, 1.82) is 0 Å². The third-order valence-corrected chi connectivity index (χ3v) is 5.91. The number of hydrogen-bond acceptors (Lipinski definition) is 4. The Balaban J connectivity index is 2.04. The molecule has 1 N–H and O–H groups in total. The second-order valence-corrected chi connectivity index (χ2v) is 6.84. The first-order chi connectivity index (χ1) is 11.6. The molecule has 1 saturated carbocycles. The average Bonchev–Trinajstić information content (AvgIpc) is 2.61. The number of carboxylic acids is 1. The van der Waals surface area contributed by atoms with Gasteiger partial charge in [-0.3, -0.25) is 9.69 Å². The van der Waals surface area contributed by atoms with E-state index in [2.05, 4.69) is 24.0 Å². The SMILES string of the molecule is CCN1CCc2cc(OC)c(OC)cc2C12CCC(C(=O)O)CC2. The van der Waals surface area contributed by atoms with E-state index in [0.29, 0.717) is 0 Å². The molecule has 1 aliphatic heterocycles. The summed E-state index contributed by atoms with van der Waals surface area (Å²) in [4.78, 5) is 13.9. The number of rotatable bonds is 4. The molecule has 0 radical (unpaired) electrons. The highest BCUT2D eigenvalue weighted by Crippen LogP contribution is 2.49. The molecule has 1 aliphatic carbocycles. The molecule has 0 atom stereocenters. The Bertz CT molecular complexity index is 620. The molecule has 0 bridgehead atoms. The van der Waals surface area contributed by atoms with Gasteiger partial charge in [-0.05, 0) is 61.9 Å². The van der Waals surface area contributed by atoms with Gasteiger partial charge in [0.25, 0.3) is 0 Å². The predicted octanol–water partition coefficient (Wildman–Crippen LogP) is 3.05. The van der Waals surface area contributed by atoms with Crippen molar-refractivity contribution in [2.75, 3.05) is 27.3 Å². The van der Waals surface area contributed by atoms with E-state index in [1.807, 2.05) is 0 Å². The van der Waals surface area contributed by atoms with E-state index >= 15 is 0 Å². The fraction of sp³-hybridized carbons (Fsp3) is 0.632. The summed E-state index contributed by atoms with van der Waals surface area (Å²) in [5.74, 6) is 0.667. The first-order valence-electron chi connectivity index (χ1n) is 8.79. The highest BCUT2D eigenvalue weighted by atomic mass is 16.5. The number of carbonyl (C=O) groups is 1. The molecule has 132 valence electrons. The zero-order valence-corrected chi connectivity index (χ0v) is 14.8. The van der Waals surface area contributed by atoms with Crippen LogP contribution in [0.15, 0.2) is 12.1 Å². The van der Waals surface area contributed by atoms with Crippen molar-refractivity contribution < 1.29 is 19.4 Å². The highest BCUT2D eigenvalue weighted by Gasteiger charge is 2.46. The summed E-state index contributed by atoms with van der Waals surface area (Å²) in [7, 11) is 3.33. The standard InChI is InChI=1S/C19H27NO4/c1-4-20-10-7-14-11-16(23-2)17(24-3)12-15(14)19(20)8-5-13(6-9-19)18(21)22/h11-13H,4-10H2,1-3H3,(H,21,22). The van der Waals surface area contributed by atoms with Gasteiger partial charge >= 0.3 is 5.97 Å². The van der Waals surface area contributed by atoms with Gasteiger partial charge in [-0.15, -0.1) is 0 Å². The lowest BCUT2D eigenvalue weighted by Gasteiger charge is -2.51. The molecule has 5 heteroatoms. The monoisotopic (exact) mass is 333 g/mol. The largest absolute Gasteiger partial charge is 0.493 e. The Hall–Kier alpha value is -1.75. The van der Waals surface area contributed by atoms with Crippen LogP contribution in [0.4, 0.5) is 0 Å². The van der Waals surface area contributed by atoms with Crippen LogP contribution in [0.3, 0.4) is 0 Å². The molecular weight excluding hydrogens is 306 g/mol. The number of benzene rings is 1. The molecule has 3 rings (SSSR count). The van der Waals surface area contributed by atoms with Crippen LogP contribution in [0.25, 0.3) is 0 Å². The molecule has 1 heterocycles. The molecule has 1 fully saturated rings. The molecule has 0 saturated heterocycles. The van der Waals surface area contributed by atoms with Crippen molar-refractivity contribution in [3.8, 4) is 11.5 Å². The van der Waals surface area contributed by atoms with Gasteiger partial charge in [-0.1, -0.05) is 6.92 Å². The van der Waals surface area contributed by atoms with Gasteiger partial charge in [0.15, 0.2) is 11.5 Å². The number of fused-ring (bicyclic) bond motifs is 2. The minimum Gasteiger partial charge on any atom is -0.493 e. The average molecular weight is 333 g/mol. The number of aliphatic carboxylic acids is 1. The van der Waals surface area contributed by atoms with E-state index in [-0.39, 0.29) is 11.5 Å². The van der Waals surface area contributed by atoms with Crippen molar-refractivity contribution in [3.05, 3.63) is 23.3 Å². The number of ether oxygens (including phenoxy) is 2. The number of hydrogen-bond donors (Lipinski definition) is 1. The van der Waals surface area contributed by atoms with Crippen LogP contribution < -0.4 is 9.47 Å². The molecule has 24 heavy (non-hydrogen) atoms. The Morgan fingerprint density at radius 2 is 1.88 bits per heavy atom. The third-order valence-electron chi connectivity index (χ3n) is 5.91. The quantitative estimate of drug-likeness (QED) is 0.918. The second-order valence-electron chi connectivity index (χ2n) is 6.84. The van der Waals surface area contributed by atoms with Gasteiger partial charge in [0, 0.05) is 12.1 Å². The topological polar surface area (TPSA) is 59.0 Å². The van der Waals surface area contributed by atoms with Crippen molar-refractivity contribution in [2.45, 2.75) is 44.6 Å². The maximum Gasteiger partial charge on any atom is 0.306 e. The molecule has 0 amide bonds. The Labute approximate surface area is 143 Å². The van der Waals surface area contributed by atoms with Crippen LogP contribution >= 0.6 is 0 Å². The summed E-state index contributed by atoms with van der Waals surface area (Å²) in [5, 5.41) is 9.34. The fourth-order valence-electron chi connectivity index (χ4n) is 4.59. The molecule has 1 spiro atoms. The maximum absolute atomic E-state index is 11.4. The van der Waals surface area contributed by atoms with Crippen LogP contribution in [0.1, 0.15) is 43.7 Å². The van der Waals surface area contributed by atoms with Gasteiger partial charge in [0.1, 0.15) is 0 Å². The molecule has 0 aromatic heterocycles. The maximum atomic E-state index is 11.4. The fourth-order valence-corrected chi connectivity index (χ4v) is 4.59. The molecular formula is C19H27NO4. The molecule has 0 unspecified atom stereocenters. The minimum atomic E-state index is -0.656. The van der Waals surface area contributed by atoms with E-state index in [4.69, 9.17) is 9.47 Å². The van der Waals surface area contributed by atoms with Gasteiger partial charge in [-0.25, -0.2) is 0 Å². The van der Waals surface area contributed by atoms with Crippen LogP contribution in [0.2, 0.25) is 0 Å². The van der Waals surface area contributed by atoms with Crippen LogP contribution in [-0.2, 0) is 16.8 Å². The third kappa shape index (κ3) is 2.65. The van der Waals surface area contributed by atoms with E-state index in [1.54, 1.807) is 14.2 Å². The number of carboxylic acid groups (broad SMARTS) is 1. The highest BCUT2D eigenvalue weighted by molar-refractivity contribution is 5.70. The lowest BCUT2D eigenvalue weighted by atomic mass is 9.68. The van der Waals surface area contributed by atoms with Gasteiger partial charge in [0.05, 0.1) is 20.1 Å². The summed E-state index contributed by atoms with van der Waals surface area (Å²) in [6, 6.07) is 4.23. The van der Waals surface area contributed by atoms with Gasteiger partial charge in [0.2, 0.25) is 0 Å². The Kier molecular flexibility index (Phi) is 4.72. The van der Waals surface area contributed by atoms with E-state index < -0.39 is 5.97 Å². The van der Waals surface area contributed by atoms with Crippen LogP contribution in [-0.4, -0.2) is 43.3 Å². The van der Waals surface area contributed by atoms with E-state index in [9.17, 15) is 9.90 Å². The predicted molar refractivity (Wildman–Crippen MR) is 91.8 cm³/mol. The summed E-state index contributed by atoms with van der Waals surface area (Å²) in [6.45, 7) is 4.18. The lowest BCUT2D eigenvalue weighted by molar-refractivity contribution is -0.144. The van der Waals surface area contributed by atoms with E-state index in [0.717, 1.165) is 56.7 Å². The summed E-state index contributed by atoms with van der Waals surface area (Å²) < 4.78 is 11.0. The zero-order valence-electron chi connectivity index (χ0n) is 14.8. The lowest BCUT2D eigenvalue weighted by Crippen LogP contribution is -2.52. The second kappa shape index (κ2) is 6.63. The van der Waals surface area contributed by atoms with E-state index in [1.165, 1.54) is 11.1 Å². The Morgan fingerprint density at radius 3 is 2.42 bits per heavy atom. The molecule has 1 aromatic rings. The van der Waals surface area contributed by atoms with Crippen molar-refractivity contribution >= 4 is 5.97 Å². The smallest absolute Gasteiger partial charge is 0.306 e. The molecule has 5 nitrogen and oxygen atoms in total. The molecule has 1 aromatic carbocycles. The van der Waals surface area contributed by atoms with Gasteiger partial charge in [-0.2, -0.15) is 0 Å². The minimum absolute atomic E-state index is 0.0617. The summed E-state index contributed by atoms with van der Waals surface area (Å²) >= 11 is 0. The van der Waals surface area contributed by atoms with Crippen LogP contribution in [0, 0.1) is 5.92 Å². The summed E-state index contributed by atoms with van der Waals surface area (Å²) in [6.07, 6.45) is 4.24. The summed E-state index contributed by atoms with van der Waals surface area (Å²) in [5.41, 5.74) is 2.55. The number of nitrogens with zero attached hydrogens (tertiary/aromatic N) is 1. The van der Waals surface area contributed by atoms with Crippen molar-refractivity contribution in [1.82, 2.24) is 4.90 Å². The zero-order chi connectivity index (χ0) is 17.3. The number of likely N-dealkylation sites (N-methyl/N-ethyl adjacent to an activating group) is 1. The number of methoxy groups -OCH3 is 2.